The monoisotopic (exact) mass is 219 g/mol. The number of ether oxygens (including phenoxy) is 1. The molecule has 1 amide bonds. The highest BCUT2D eigenvalue weighted by atomic mass is 35.5. The molecule has 3 unspecified atom stereocenters. The number of rotatable bonds is 4. The fourth-order valence-corrected chi connectivity index (χ4v) is 1.61. The molecule has 1 aliphatic heterocycles. The van der Waals surface area contributed by atoms with E-state index in [0.29, 0.717) is 6.54 Å². The molecule has 0 aliphatic carbocycles. The van der Waals surface area contributed by atoms with Gasteiger partial charge in [-0.1, -0.05) is 0 Å². The van der Waals surface area contributed by atoms with Crippen LogP contribution >= 0.6 is 11.6 Å². The van der Waals surface area contributed by atoms with Crippen molar-refractivity contribution in [3.8, 4) is 0 Å². The van der Waals surface area contributed by atoms with Gasteiger partial charge in [-0.05, 0) is 33.1 Å². The predicted octanol–water partition coefficient (Wildman–Crippen LogP) is 1.69. The Morgan fingerprint density at radius 2 is 2.36 bits per heavy atom. The molecule has 0 bridgehead atoms. The Labute approximate surface area is 90.1 Å². The Morgan fingerprint density at radius 1 is 1.64 bits per heavy atom. The number of amides is 1. The maximum atomic E-state index is 11.5. The van der Waals surface area contributed by atoms with Gasteiger partial charge in [0, 0.05) is 11.9 Å². The minimum atomic E-state index is -0.240. The lowest BCUT2D eigenvalue weighted by Crippen LogP contribution is -2.35. The lowest BCUT2D eigenvalue weighted by Gasteiger charge is -2.11. The van der Waals surface area contributed by atoms with Crippen molar-refractivity contribution in [1.29, 1.82) is 0 Å². The van der Waals surface area contributed by atoms with Gasteiger partial charge in [-0.3, -0.25) is 4.79 Å². The minimum absolute atomic E-state index is 0.00617. The molecule has 0 aromatic heterocycles. The van der Waals surface area contributed by atoms with Crippen LogP contribution in [0, 0.1) is 0 Å². The van der Waals surface area contributed by atoms with Gasteiger partial charge in [-0.2, -0.15) is 0 Å². The van der Waals surface area contributed by atoms with Crippen LogP contribution in [0.4, 0.5) is 0 Å². The summed E-state index contributed by atoms with van der Waals surface area (Å²) in [6.07, 6.45) is 2.59. The third kappa shape index (κ3) is 3.84. The summed E-state index contributed by atoms with van der Waals surface area (Å²) in [5.41, 5.74) is 0. The first-order valence-electron chi connectivity index (χ1n) is 5.17. The van der Waals surface area contributed by atoms with E-state index in [1.54, 1.807) is 0 Å². The lowest BCUT2D eigenvalue weighted by atomic mass is 10.2. The van der Waals surface area contributed by atoms with Crippen LogP contribution < -0.4 is 5.32 Å². The third-order valence-corrected chi connectivity index (χ3v) is 2.58. The Bertz CT molecular complexity index is 197. The van der Waals surface area contributed by atoms with Gasteiger partial charge in [0.05, 0.1) is 6.10 Å². The molecule has 0 aromatic rings. The van der Waals surface area contributed by atoms with E-state index in [0.717, 1.165) is 19.3 Å². The van der Waals surface area contributed by atoms with Crippen molar-refractivity contribution in [2.75, 3.05) is 6.54 Å². The number of carbonyl (C=O) groups is 1. The molecule has 0 spiro atoms. The van der Waals surface area contributed by atoms with Gasteiger partial charge in [-0.25, -0.2) is 0 Å². The van der Waals surface area contributed by atoms with Crippen molar-refractivity contribution >= 4 is 17.5 Å². The molecule has 1 N–H and O–H groups in total. The molecule has 3 atom stereocenters. The summed E-state index contributed by atoms with van der Waals surface area (Å²) in [7, 11) is 0. The first-order chi connectivity index (χ1) is 6.59. The molecule has 0 aromatic carbocycles. The standard InChI is InChI=1S/C10H18ClNO2/c1-7(11)5-6-12-10(13)9-4-3-8(2)14-9/h7-9H,3-6H2,1-2H3,(H,12,13). The Hall–Kier alpha value is -0.280. The van der Waals surface area contributed by atoms with Crippen molar-refractivity contribution in [3.05, 3.63) is 0 Å². The van der Waals surface area contributed by atoms with Gasteiger partial charge >= 0.3 is 0 Å². The van der Waals surface area contributed by atoms with Crippen LogP contribution in [-0.4, -0.2) is 30.0 Å². The summed E-state index contributed by atoms with van der Waals surface area (Å²) in [6, 6.07) is 0. The van der Waals surface area contributed by atoms with E-state index in [1.165, 1.54) is 0 Å². The second kappa shape index (κ2) is 5.56. The van der Waals surface area contributed by atoms with E-state index in [2.05, 4.69) is 5.32 Å². The van der Waals surface area contributed by atoms with Crippen LogP contribution in [0.2, 0.25) is 0 Å². The van der Waals surface area contributed by atoms with Crippen LogP contribution in [0.5, 0.6) is 0 Å². The number of carbonyl (C=O) groups excluding carboxylic acids is 1. The topological polar surface area (TPSA) is 38.3 Å². The van der Waals surface area contributed by atoms with Crippen molar-refractivity contribution in [1.82, 2.24) is 5.32 Å². The Balaban J connectivity index is 2.15. The van der Waals surface area contributed by atoms with Crippen LogP contribution in [-0.2, 0) is 9.53 Å². The third-order valence-electron chi connectivity index (χ3n) is 2.37. The molecule has 1 saturated heterocycles. The van der Waals surface area contributed by atoms with E-state index in [4.69, 9.17) is 16.3 Å². The summed E-state index contributed by atoms with van der Waals surface area (Å²) in [6.45, 7) is 4.55. The van der Waals surface area contributed by atoms with Gasteiger partial charge in [0.1, 0.15) is 6.10 Å². The highest BCUT2D eigenvalue weighted by Crippen LogP contribution is 2.18. The molecule has 0 saturated carbocycles. The zero-order valence-corrected chi connectivity index (χ0v) is 9.51. The maximum absolute atomic E-state index is 11.5. The molecule has 14 heavy (non-hydrogen) atoms. The van der Waals surface area contributed by atoms with Gasteiger partial charge in [0.25, 0.3) is 0 Å². The van der Waals surface area contributed by atoms with Crippen molar-refractivity contribution in [2.45, 2.75) is 50.7 Å². The van der Waals surface area contributed by atoms with Crippen LogP contribution in [0.1, 0.15) is 33.1 Å². The Kier molecular flexibility index (Phi) is 4.69. The summed E-state index contributed by atoms with van der Waals surface area (Å²) in [4.78, 5) is 11.5. The van der Waals surface area contributed by atoms with E-state index >= 15 is 0 Å². The highest BCUT2D eigenvalue weighted by Gasteiger charge is 2.27. The van der Waals surface area contributed by atoms with E-state index in [1.807, 2.05) is 13.8 Å². The van der Waals surface area contributed by atoms with Crippen molar-refractivity contribution < 1.29 is 9.53 Å². The van der Waals surface area contributed by atoms with Crippen LogP contribution in [0.15, 0.2) is 0 Å². The van der Waals surface area contributed by atoms with Gasteiger partial charge in [0.2, 0.25) is 5.91 Å². The first kappa shape index (κ1) is 11.8. The second-order valence-corrected chi connectivity index (χ2v) is 4.62. The number of halogens is 1. The lowest BCUT2D eigenvalue weighted by molar-refractivity contribution is -0.131. The zero-order chi connectivity index (χ0) is 10.6. The zero-order valence-electron chi connectivity index (χ0n) is 8.75. The molecule has 0 radical (unpaired) electrons. The Morgan fingerprint density at radius 3 is 2.86 bits per heavy atom. The van der Waals surface area contributed by atoms with Gasteiger partial charge in [-0.15, -0.1) is 11.6 Å². The van der Waals surface area contributed by atoms with E-state index in [-0.39, 0.29) is 23.5 Å². The van der Waals surface area contributed by atoms with Crippen LogP contribution in [0.3, 0.4) is 0 Å². The maximum Gasteiger partial charge on any atom is 0.249 e. The number of nitrogens with one attached hydrogen (secondary N) is 1. The molecule has 1 aliphatic rings. The first-order valence-corrected chi connectivity index (χ1v) is 5.60. The van der Waals surface area contributed by atoms with E-state index < -0.39 is 0 Å². The quantitative estimate of drug-likeness (QED) is 0.731. The average Bonchev–Trinajstić information content (AvgIpc) is 2.51. The molecule has 1 heterocycles. The fourth-order valence-electron chi connectivity index (χ4n) is 1.50. The highest BCUT2D eigenvalue weighted by molar-refractivity contribution is 6.20. The predicted molar refractivity (Wildman–Crippen MR) is 56.5 cm³/mol. The summed E-state index contributed by atoms with van der Waals surface area (Å²) in [5.74, 6) is 0.00617. The average molecular weight is 220 g/mol. The molecule has 3 nitrogen and oxygen atoms in total. The smallest absolute Gasteiger partial charge is 0.249 e. The number of alkyl halides is 1. The molecule has 1 fully saturated rings. The molecule has 82 valence electrons. The molecular formula is C10H18ClNO2. The van der Waals surface area contributed by atoms with Crippen LogP contribution in [0.25, 0.3) is 0 Å². The van der Waals surface area contributed by atoms with Gasteiger partial charge in [0.15, 0.2) is 0 Å². The second-order valence-electron chi connectivity index (χ2n) is 3.87. The van der Waals surface area contributed by atoms with Gasteiger partial charge < -0.3 is 10.1 Å². The normalized spacial score (nSPS) is 28.8. The largest absolute Gasteiger partial charge is 0.365 e. The van der Waals surface area contributed by atoms with E-state index in [9.17, 15) is 4.79 Å². The van der Waals surface area contributed by atoms with Crippen molar-refractivity contribution in [3.63, 3.8) is 0 Å². The number of hydrogen-bond donors (Lipinski definition) is 1. The van der Waals surface area contributed by atoms with Crippen molar-refractivity contribution in [2.24, 2.45) is 0 Å². The summed E-state index contributed by atoms with van der Waals surface area (Å²) < 4.78 is 5.44. The fraction of sp³-hybridized carbons (Fsp3) is 0.900. The molecule has 1 rings (SSSR count). The molecule has 4 heteroatoms. The SMILES string of the molecule is CC(Cl)CCNC(=O)C1CCC(C)O1. The summed E-state index contributed by atoms with van der Waals surface area (Å²) >= 11 is 5.76. The minimum Gasteiger partial charge on any atom is -0.365 e. The molecular weight excluding hydrogens is 202 g/mol. The summed E-state index contributed by atoms with van der Waals surface area (Å²) in [5, 5.41) is 2.94. The number of hydrogen-bond acceptors (Lipinski definition) is 2.